The SMILES string of the molecule is N#CCCCCOc1cc(CO)ccc1[N+](=O)[O-]. The van der Waals surface area contributed by atoms with Gasteiger partial charge in [0.15, 0.2) is 5.75 Å². The highest BCUT2D eigenvalue weighted by Crippen LogP contribution is 2.28. The number of nitriles is 1. The van der Waals surface area contributed by atoms with Gasteiger partial charge in [-0.3, -0.25) is 10.1 Å². The van der Waals surface area contributed by atoms with Crippen molar-refractivity contribution in [1.82, 2.24) is 0 Å². The zero-order valence-corrected chi connectivity index (χ0v) is 9.83. The summed E-state index contributed by atoms with van der Waals surface area (Å²) in [5, 5.41) is 28.1. The van der Waals surface area contributed by atoms with Crippen LogP contribution in [0.4, 0.5) is 5.69 Å². The molecule has 1 aromatic rings. The number of nitro groups is 1. The second-order valence-electron chi connectivity index (χ2n) is 3.68. The Morgan fingerprint density at radius 3 is 2.83 bits per heavy atom. The van der Waals surface area contributed by atoms with E-state index in [0.717, 1.165) is 0 Å². The number of rotatable bonds is 7. The molecule has 96 valence electrons. The topological polar surface area (TPSA) is 96.4 Å². The molecular formula is C12H14N2O4. The molecule has 6 nitrogen and oxygen atoms in total. The van der Waals surface area contributed by atoms with Crippen LogP contribution in [0, 0.1) is 21.4 Å². The molecule has 0 aliphatic heterocycles. The quantitative estimate of drug-likeness (QED) is 0.454. The highest BCUT2D eigenvalue weighted by molar-refractivity contribution is 5.48. The van der Waals surface area contributed by atoms with Gasteiger partial charge in [0, 0.05) is 12.5 Å². The highest BCUT2D eigenvalue weighted by atomic mass is 16.6. The van der Waals surface area contributed by atoms with Crippen molar-refractivity contribution in [3.63, 3.8) is 0 Å². The predicted molar refractivity (Wildman–Crippen MR) is 64.0 cm³/mol. The molecule has 0 radical (unpaired) electrons. The summed E-state index contributed by atoms with van der Waals surface area (Å²) in [6.45, 7) is 0.125. The van der Waals surface area contributed by atoms with Gasteiger partial charge < -0.3 is 9.84 Å². The van der Waals surface area contributed by atoms with E-state index in [1.54, 1.807) is 0 Å². The van der Waals surface area contributed by atoms with Gasteiger partial charge in [-0.2, -0.15) is 5.26 Å². The minimum absolute atomic E-state index is 0.118. The molecule has 0 saturated heterocycles. The van der Waals surface area contributed by atoms with Crippen molar-refractivity contribution in [1.29, 1.82) is 5.26 Å². The standard InChI is InChI=1S/C12H14N2O4/c13-6-2-1-3-7-18-12-8-10(9-15)4-5-11(12)14(16)17/h4-5,8,15H,1-3,7,9H2. The largest absolute Gasteiger partial charge is 0.487 e. The maximum Gasteiger partial charge on any atom is 0.310 e. The first kappa shape index (κ1) is 13.9. The average molecular weight is 250 g/mol. The van der Waals surface area contributed by atoms with Gasteiger partial charge in [0.1, 0.15) is 0 Å². The number of hydrogen-bond donors (Lipinski definition) is 1. The first-order valence-electron chi connectivity index (χ1n) is 5.57. The molecule has 6 heteroatoms. The van der Waals surface area contributed by atoms with Gasteiger partial charge in [-0.25, -0.2) is 0 Å². The Balaban J connectivity index is 2.66. The van der Waals surface area contributed by atoms with Gasteiger partial charge >= 0.3 is 5.69 Å². The lowest BCUT2D eigenvalue weighted by Gasteiger charge is -2.07. The summed E-state index contributed by atoms with van der Waals surface area (Å²) < 4.78 is 5.33. The fourth-order valence-electron chi connectivity index (χ4n) is 1.41. The third-order valence-electron chi connectivity index (χ3n) is 2.34. The maximum atomic E-state index is 10.8. The zero-order chi connectivity index (χ0) is 13.4. The van der Waals surface area contributed by atoms with Crippen molar-refractivity contribution in [2.45, 2.75) is 25.9 Å². The number of benzene rings is 1. The van der Waals surface area contributed by atoms with E-state index in [1.165, 1.54) is 18.2 Å². The summed E-state index contributed by atoms with van der Waals surface area (Å²) in [4.78, 5) is 10.3. The molecule has 1 aromatic carbocycles. The molecule has 0 amide bonds. The van der Waals surface area contributed by atoms with Crippen LogP contribution in [-0.2, 0) is 6.61 Å². The molecule has 0 aliphatic rings. The highest BCUT2D eigenvalue weighted by Gasteiger charge is 2.15. The summed E-state index contributed by atoms with van der Waals surface area (Å²) in [5.41, 5.74) is 0.445. The summed E-state index contributed by atoms with van der Waals surface area (Å²) in [7, 11) is 0. The minimum atomic E-state index is -0.522. The molecular weight excluding hydrogens is 236 g/mol. The molecule has 0 saturated carbocycles. The van der Waals surface area contributed by atoms with E-state index in [1.807, 2.05) is 6.07 Å². The molecule has 0 unspecified atom stereocenters. The van der Waals surface area contributed by atoms with E-state index in [4.69, 9.17) is 15.1 Å². The molecule has 0 aliphatic carbocycles. The molecule has 1 N–H and O–H groups in total. The Bertz CT molecular complexity index is 454. The molecule has 0 bridgehead atoms. The summed E-state index contributed by atoms with van der Waals surface area (Å²) in [5.74, 6) is 0.156. The summed E-state index contributed by atoms with van der Waals surface area (Å²) in [6, 6.07) is 6.28. The van der Waals surface area contributed by atoms with Crippen molar-refractivity contribution in [2.75, 3.05) is 6.61 Å². The van der Waals surface area contributed by atoms with Crippen LogP contribution in [0.3, 0.4) is 0 Å². The number of aliphatic hydroxyl groups is 1. The van der Waals surface area contributed by atoms with E-state index < -0.39 is 4.92 Å². The lowest BCUT2D eigenvalue weighted by atomic mass is 10.2. The number of ether oxygens (including phenoxy) is 1. The van der Waals surface area contributed by atoms with Crippen LogP contribution in [0.15, 0.2) is 18.2 Å². The van der Waals surface area contributed by atoms with E-state index in [9.17, 15) is 10.1 Å². The molecule has 18 heavy (non-hydrogen) atoms. The van der Waals surface area contributed by atoms with Crippen LogP contribution in [0.1, 0.15) is 24.8 Å². The lowest BCUT2D eigenvalue weighted by molar-refractivity contribution is -0.385. The van der Waals surface area contributed by atoms with Crippen LogP contribution in [0.25, 0.3) is 0 Å². The van der Waals surface area contributed by atoms with Crippen molar-refractivity contribution in [3.05, 3.63) is 33.9 Å². The molecule has 0 aromatic heterocycles. The molecule has 0 fully saturated rings. The number of aliphatic hydroxyl groups excluding tert-OH is 1. The molecule has 0 heterocycles. The average Bonchev–Trinajstić information content (AvgIpc) is 2.38. The number of hydrogen-bond acceptors (Lipinski definition) is 5. The summed E-state index contributed by atoms with van der Waals surface area (Å²) in [6.07, 6.45) is 1.81. The van der Waals surface area contributed by atoms with Crippen molar-refractivity contribution in [3.8, 4) is 11.8 Å². The fraction of sp³-hybridized carbons (Fsp3) is 0.417. The maximum absolute atomic E-state index is 10.8. The van der Waals surface area contributed by atoms with Gasteiger partial charge in [0.05, 0.1) is 24.2 Å². The van der Waals surface area contributed by atoms with Crippen molar-refractivity contribution >= 4 is 5.69 Å². The molecule has 0 atom stereocenters. The Labute approximate surface area is 105 Å². The van der Waals surface area contributed by atoms with Crippen LogP contribution >= 0.6 is 0 Å². The Kier molecular flexibility index (Phi) is 5.61. The van der Waals surface area contributed by atoms with Crippen LogP contribution < -0.4 is 4.74 Å². The van der Waals surface area contributed by atoms with E-state index in [0.29, 0.717) is 31.4 Å². The first-order valence-corrected chi connectivity index (χ1v) is 5.57. The minimum Gasteiger partial charge on any atom is -0.487 e. The summed E-state index contributed by atoms with van der Waals surface area (Å²) >= 11 is 0. The van der Waals surface area contributed by atoms with Crippen LogP contribution in [0.2, 0.25) is 0 Å². The van der Waals surface area contributed by atoms with Crippen molar-refractivity contribution < 1.29 is 14.8 Å². The first-order chi connectivity index (χ1) is 8.69. The van der Waals surface area contributed by atoms with Gasteiger partial charge in [0.2, 0.25) is 0 Å². The number of nitrogens with zero attached hydrogens (tertiary/aromatic N) is 2. The zero-order valence-electron chi connectivity index (χ0n) is 9.83. The van der Waals surface area contributed by atoms with Gasteiger partial charge in [0.25, 0.3) is 0 Å². The van der Waals surface area contributed by atoms with Gasteiger partial charge in [-0.1, -0.05) is 0 Å². The normalized spacial score (nSPS) is 9.78. The smallest absolute Gasteiger partial charge is 0.310 e. The fourth-order valence-corrected chi connectivity index (χ4v) is 1.41. The van der Waals surface area contributed by atoms with Gasteiger partial charge in [-0.05, 0) is 30.5 Å². The second kappa shape index (κ2) is 7.25. The van der Waals surface area contributed by atoms with Crippen molar-refractivity contribution in [2.24, 2.45) is 0 Å². The second-order valence-corrected chi connectivity index (χ2v) is 3.68. The lowest BCUT2D eigenvalue weighted by Crippen LogP contribution is -2.01. The number of unbranched alkanes of at least 4 members (excludes halogenated alkanes) is 2. The molecule has 1 rings (SSSR count). The van der Waals surface area contributed by atoms with E-state index in [2.05, 4.69) is 0 Å². The Morgan fingerprint density at radius 1 is 1.44 bits per heavy atom. The number of nitro benzene ring substituents is 1. The van der Waals surface area contributed by atoms with E-state index in [-0.39, 0.29) is 18.0 Å². The van der Waals surface area contributed by atoms with Gasteiger partial charge in [-0.15, -0.1) is 0 Å². The van der Waals surface area contributed by atoms with Crippen LogP contribution in [-0.4, -0.2) is 16.6 Å². The third kappa shape index (κ3) is 4.03. The third-order valence-corrected chi connectivity index (χ3v) is 2.34. The predicted octanol–water partition coefficient (Wildman–Crippen LogP) is 2.16. The Hall–Kier alpha value is -2.13. The monoisotopic (exact) mass is 250 g/mol. The van der Waals surface area contributed by atoms with E-state index >= 15 is 0 Å². The van der Waals surface area contributed by atoms with Crippen LogP contribution in [0.5, 0.6) is 5.75 Å². The Morgan fingerprint density at radius 2 is 2.22 bits per heavy atom. The molecule has 0 spiro atoms.